The Morgan fingerprint density at radius 3 is 2.66 bits per heavy atom. The standard InChI is InChI=1S/C22H18N2O5/c1-13-17(22(26)27-2)11-16(28-13)12-23-21(25)15-8-9-19-18(10-15)20(29-24-19)14-6-4-3-5-7-14/h3-11H,12H2,1-2H3,(H,23,25). The van der Waals surface area contributed by atoms with E-state index < -0.39 is 5.97 Å². The molecule has 4 rings (SSSR count). The van der Waals surface area contributed by atoms with Crippen molar-refractivity contribution in [2.24, 2.45) is 0 Å². The van der Waals surface area contributed by atoms with E-state index in [2.05, 4.69) is 10.5 Å². The summed E-state index contributed by atoms with van der Waals surface area (Å²) in [7, 11) is 1.31. The first kappa shape index (κ1) is 18.5. The number of esters is 1. The minimum atomic E-state index is -0.477. The first-order valence-electron chi connectivity index (χ1n) is 8.97. The van der Waals surface area contributed by atoms with Gasteiger partial charge in [0.05, 0.1) is 19.0 Å². The van der Waals surface area contributed by atoms with Crippen molar-refractivity contribution in [2.75, 3.05) is 7.11 Å². The van der Waals surface area contributed by atoms with Gasteiger partial charge in [0.25, 0.3) is 5.91 Å². The molecule has 0 aliphatic rings. The Morgan fingerprint density at radius 2 is 1.90 bits per heavy atom. The fourth-order valence-corrected chi connectivity index (χ4v) is 3.09. The highest BCUT2D eigenvalue weighted by atomic mass is 16.5. The topological polar surface area (TPSA) is 94.6 Å². The van der Waals surface area contributed by atoms with E-state index in [1.807, 2.05) is 30.3 Å². The highest BCUT2D eigenvalue weighted by Gasteiger charge is 2.17. The summed E-state index contributed by atoms with van der Waals surface area (Å²) in [4.78, 5) is 24.3. The van der Waals surface area contributed by atoms with Gasteiger partial charge in [-0.1, -0.05) is 35.5 Å². The van der Waals surface area contributed by atoms with E-state index in [-0.39, 0.29) is 12.5 Å². The van der Waals surface area contributed by atoms with E-state index in [1.54, 1.807) is 31.2 Å². The maximum Gasteiger partial charge on any atom is 0.341 e. The van der Waals surface area contributed by atoms with Gasteiger partial charge in [-0.3, -0.25) is 4.79 Å². The molecule has 0 fully saturated rings. The minimum Gasteiger partial charge on any atom is -0.465 e. The molecule has 7 heteroatoms. The van der Waals surface area contributed by atoms with Crippen LogP contribution < -0.4 is 5.32 Å². The number of amides is 1. The normalized spacial score (nSPS) is 10.8. The number of nitrogens with one attached hydrogen (secondary N) is 1. The zero-order valence-electron chi connectivity index (χ0n) is 15.9. The Hall–Kier alpha value is -3.87. The molecule has 0 aliphatic carbocycles. The van der Waals surface area contributed by atoms with Crippen molar-refractivity contribution >= 4 is 22.8 Å². The number of methoxy groups -OCH3 is 1. The summed E-state index contributed by atoms with van der Waals surface area (Å²) in [6, 6.07) is 16.3. The van der Waals surface area contributed by atoms with Crippen LogP contribution in [0.2, 0.25) is 0 Å². The number of carbonyl (C=O) groups excluding carboxylic acids is 2. The minimum absolute atomic E-state index is 0.143. The fraction of sp³-hybridized carbons (Fsp3) is 0.136. The predicted octanol–water partition coefficient (Wildman–Crippen LogP) is 4.11. The third-order valence-electron chi connectivity index (χ3n) is 4.57. The maximum absolute atomic E-state index is 12.6. The molecular weight excluding hydrogens is 372 g/mol. The number of hydrogen-bond donors (Lipinski definition) is 1. The van der Waals surface area contributed by atoms with Crippen LogP contribution in [0.4, 0.5) is 0 Å². The molecule has 2 aromatic heterocycles. The van der Waals surface area contributed by atoms with Crippen LogP contribution in [0.5, 0.6) is 0 Å². The molecule has 2 heterocycles. The second-order valence-corrected chi connectivity index (χ2v) is 6.47. The third kappa shape index (κ3) is 3.62. The van der Waals surface area contributed by atoms with Gasteiger partial charge >= 0.3 is 5.97 Å². The molecule has 0 unspecified atom stereocenters. The van der Waals surface area contributed by atoms with Gasteiger partial charge in [0.2, 0.25) is 0 Å². The molecule has 146 valence electrons. The van der Waals surface area contributed by atoms with Gasteiger partial charge in [0.15, 0.2) is 5.76 Å². The molecule has 1 amide bonds. The quantitative estimate of drug-likeness (QED) is 0.515. The molecule has 29 heavy (non-hydrogen) atoms. The molecule has 0 bridgehead atoms. The van der Waals surface area contributed by atoms with Crippen LogP contribution in [0.3, 0.4) is 0 Å². The predicted molar refractivity (Wildman–Crippen MR) is 105 cm³/mol. The van der Waals surface area contributed by atoms with Crippen molar-refractivity contribution < 1.29 is 23.3 Å². The number of ether oxygens (including phenoxy) is 1. The average Bonchev–Trinajstić information content (AvgIpc) is 3.34. The van der Waals surface area contributed by atoms with Crippen LogP contribution in [0, 0.1) is 6.92 Å². The van der Waals surface area contributed by atoms with Gasteiger partial charge in [-0.15, -0.1) is 0 Å². The number of carbonyl (C=O) groups is 2. The number of furan rings is 1. The van der Waals surface area contributed by atoms with E-state index in [4.69, 9.17) is 13.7 Å². The van der Waals surface area contributed by atoms with E-state index in [1.165, 1.54) is 7.11 Å². The summed E-state index contributed by atoms with van der Waals surface area (Å²) in [5.41, 5.74) is 2.36. The van der Waals surface area contributed by atoms with Crippen LogP contribution in [0.1, 0.15) is 32.2 Å². The second-order valence-electron chi connectivity index (χ2n) is 6.47. The van der Waals surface area contributed by atoms with Crippen molar-refractivity contribution in [2.45, 2.75) is 13.5 Å². The molecule has 1 N–H and O–H groups in total. The van der Waals surface area contributed by atoms with Gasteiger partial charge in [-0.25, -0.2) is 4.79 Å². The number of hydrogen-bond acceptors (Lipinski definition) is 6. The molecule has 4 aromatic rings. The summed E-state index contributed by atoms with van der Waals surface area (Å²) in [5.74, 6) is 0.766. The highest BCUT2D eigenvalue weighted by Crippen LogP contribution is 2.29. The number of rotatable bonds is 5. The Bertz CT molecular complexity index is 1190. The van der Waals surface area contributed by atoms with Gasteiger partial charge in [0.1, 0.15) is 22.6 Å². The fourth-order valence-electron chi connectivity index (χ4n) is 3.09. The average molecular weight is 390 g/mol. The Morgan fingerprint density at radius 1 is 1.10 bits per heavy atom. The number of aromatic nitrogens is 1. The lowest BCUT2D eigenvalue weighted by Crippen LogP contribution is -2.22. The van der Waals surface area contributed by atoms with Crippen LogP contribution in [-0.4, -0.2) is 24.1 Å². The lowest BCUT2D eigenvalue weighted by atomic mass is 10.1. The van der Waals surface area contributed by atoms with Gasteiger partial charge < -0.3 is 19.0 Å². The van der Waals surface area contributed by atoms with E-state index in [0.29, 0.717) is 33.9 Å². The zero-order valence-corrected chi connectivity index (χ0v) is 15.9. The van der Waals surface area contributed by atoms with Gasteiger partial charge in [-0.2, -0.15) is 0 Å². The van der Waals surface area contributed by atoms with Crippen LogP contribution in [0.15, 0.2) is 63.5 Å². The maximum atomic E-state index is 12.6. The van der Waals surface area contributed by atoms with E-state index in [0.717, 1.165) is 10.9 Å². The van der Waals surface area contributed by atoms with Crippen molar-refractivity contribution in [3.05, 3.63) is 77.2 Å². The molecule has 0 spiro atoms. The van der Waals surface area contributed by atoms with Gasteiger partial charge in [-0.05, 0) is 31.2 Å². The number of aryl methyl sites for hydroxylation is 1. The second kappa shape index (κ2) is 7.63. The summed E-state index contributed by atoms with van der Waals surface area (Å²) >= 11 is 0. The first-order chi connectivity index (χ1) is 14.1. The largest absolute Gasteiger partial charge is 0.465 e. The Balaban J connectivity index is 1.54. The number of benzene rings is 2. The molecule has 0 saturated carbocycles. The van der Waals surface area contributed by atoms with Crippen molar-refractivity contribution in [3.8, 4) is 11.3 Å². The summed E-state index contributed by atoms with van der Waals surface area (Å²) in [6.45, 7) is 1.81. The Labute approximate surface area is 166 Å². The summed E-state index contributed by atoms with van der Waals surface area (Å²) < 4.78 is 15.7. The van der Waals surface area contributed by atoms with Crippen LogP contribution in [-0.2, 0) is 11.3 Å². The Kier molecular flexibility index (Phi) is 4.87. The van der Waals surface area contributed by atoms with E-state index >= 15 is 0 Å². The molecule has 0 atom stereocenters. The smallest absolute Gasteiger partial charge is 0.341 e. The molecule has 7 nitrogen and oxygen atoms in total. The SMILES string of the molecule is COC(=O)c1cc(CNC(=O)c2ccc3noc(-c4ccccc4)c3c2)oc1C. The molecule has 0 saturated heterocycles. The summed E-state index contributed by atoms with van der Waals surface area (Å²) in [5, 5.41) is 7.61. The van der Waals surface area contributed by atoms with Crippen molar-refractivity contribution in [1.29, 1.82) is 0 Å². The van der Waals surface area contributed by atoms with Crippen molar-refractivity contribution in [1.82, 2.24) is 10.5 Å². The van der Waals surface area contributed by atoms with E-state index in [9.17, 15) is 9.59 Å². The number of fused-ring (bicyclic) bond motifs is 1. The highest BCUT2D eigenvalue weighted by molar-refractivity contribution is 6.01. The zero-order chi connectivity index (χ0) is 20.4. The molecule has 0 radical (unpaired) electrons. The monoisotopic (exact) mass is 390 g/mol. The molecule has 0 aliphatic heterocycles. The third-order valence-corrected chi connectivity index (χ3v) is 4.57. The van der Waals surface area contributed by atoms with Crippen LogP contribution >= 0.6 is 0 Å². The first-order valence-corrected chi connectivity index (χ1v) is 8.97. The van der Waals surface area contributed by atoms with Crippen LogP contribution in [0.25, 0.3) is 22.2 Å². The summed E-state index contributed by atoms with van der Waals surface area (Å²) in [6.07, 6.45) is 0. The number of nitrogens with zero attached hydrogens (tertiary/aromatic N) is 1. The lowest BCUT2D eigenvalue weighted by Gasteiger charge is -2.04. The lowest BCUT2D eigenvalue weighted by molar-refractivity contribution is 0.0598. The molecular formula is C22H18N2O5. The molecule has 2 aromatic carbocycles. The van der Waals surface area contributed by atoms with Gasteiger partial charge in [0, 0.05) is 11.1 Å². The van der Waals surface area contributed by atoms with Crippen molar-refractivity contribution in [3.63, 3.8) is 0 Å².